The van der Waals surface area contributed by atoms with Gasteiger partial charge in [0.1, 0.15) is 0 Å². The Labute approximate surface area is 138 Å². The monoisotopic (exact) mass is 339 g/mol. The van der Waals surface area contributed by atoms with Crippen molar-refractivity contribution in [2.45, 2.75) is 31.3 Å². The molecule has 1 heterocycles. The summed E-state index contributed by atoms with van der Waals surface area (Å²) in [6, 6.07) is 6.93. The third-order valence-corrected chi connectivity index (χ3v) is 3.99. The molecular weight excluding hydrogens is 322 g/mol. The van der Waals surface area contributed by atoms with Gasteiger partial charge in [-0.25, -0.2) is 4.68 Å². The van der Waals surface area contributed by atoms with Gasteiger partial charge in [0.05, 0.1) is 5.75 Å². The van der Waals surface area contributed by atoms with Crippen molar-refractivity contribution in [1.82, 2.24) is 14.9 Å². The van der Waals surface area contributed by atoms with Gasteiger partial charge in [-0.15, -0.1) is 10.2 Å². The molecular formula is C14H18ClN5OS. The smallest absolute Gasteiger partial charge is 0.234 e. The number of amides is 1. The molecule has 1 amide bonds. The number of benzene rings is 1. The van der Waals surface area contributed by atoms with Gasteiger partial charge in [0.15, 0.2) is 5.82 Å². The number of nitrogen functional groups attached to an aromatic ring is 1. The molecule has 8 heteroatoms. The molecule has 0 saturated carbocycles. The molecule has 0 aliphatic heterocycles. The predicted molar refractivity (Wildman–Crippen MR) is 89.7 cm³/mol. The zero-order chi connectivity index (χ0) is 16.3. The summed E-state index contributed by atoms with van der Waals surface area (Å²) in [6.45, 7) is 6.01. The summed E-state index contributed by atoms with van der Waals surface area (Å²) in [5, 5.41) is 12.0. The first kappa shape index (κ1) is 16.6. The van der Waals surface area contributed by atoms with E-state index in [-0.39, 0.29) is 17.1 Å². The molecule has 0 unspecified atom stereocenters. The number of nitrogens with two attached hydrogens (primary N) is 1. The van der Waals surface area contributed by atoms with E-state index in [1.165, 1.54) is 16.4 Å². The molecule has 2 aromatic rings. The van der Waals surface area contributed by atoms with Gasteiger partial charge in [-0.3, -0.25) is 4.79 Å². The second-order valence-electron chi connectivity index (χ2n) is 5.77. The lowest BCUT2D eigenvalue weighted by Crippen LogP contribution is -2.24. The number of nitrogens with one attached hydrogen (secondary N) is 1. The lowest BCUT2D eigenvalue weighted by Gasteiger charge is -2.16. The Kier molecular flexibility index (Phi) is 4.97. The zero-order valence-corrected chi connectivity index (χ0v) is 14.2. The summed E-state index contributed by atoms with van der Waals surface area (Å²) in [7, 11) is 0. The summed E-state index contributed by atoms with van der Waals surface area (Å²) in [4.78, 5) is 11.9. The molecule has 0 saturated heterocycles. The third kappa shape index (κ3) is 4.14. The van der Waals surface area contributed by atoms with Gasteiger partial charge in [0, 0.05) is 16.1 Å². The SMILES string of the molecule is CC(C)(C)c1nnc(SCC(=O)Nc2ccc(Cl)cc2)n1N. The van der Waals surface area contributed by atoms with Crippen molar-refractivity contribution in [2.75, 3.05) is 16.9 Å². The van der Waals surface area contributed by atoms with Crippen LogP contribution in [0.1, 0.15) is 26.6 Å². The average Bonchev–Trinajstić information content (AvgIpc) is 2.80. The van der Waals surface area contributed by atoms with Crippen LogP contribution in [-0.2, 0) is 10.2 Å². The molecule has 22 heavy (non-hydrogen) atoms. The van der Waals surface area contributed by atoms with Crippen LogP contribution in [0.2, 0.25) is 5.02 Å². The Bertz CT molecular complexity index is 663. The lowest BCUT2D eigenvalue weighted by atomic mass is 9.96. The van der Waals surface area contributed by atoms with Crippen molar-refractivity contribution >= 4 is 35.0 Å². The molecule has 0 spiro atoms. The van der Waals surface area contributed by atoms with E-state index in [0.29, 0.717) is 21.7 Å². The van der Waals surface area contributed by atoms with Crippen LogP contribution in [0.3, 0.4) is 0 Å². The van der Waals surface area contributed by atoms with Crippen LogP contribution >= 0.6 is 23.4 Å². The number of aromatic nitrogens is 3. The molecule has 1 aromatic heterocycles. The Morgan fingerprint density at radius 1 is 1.32 bits per heavy atom. The van der Waals surface area contributed by atoms with E-state index in [2.05, 4.69) is 15.5 Å². The van der Waals surface area contributed by atoms with E-state index in [4.69, 9.17) is 17.4 Å². The van der Waals surface area contributed by atoms with Crippen molar-refractivity contribution in [3.63, 3.8) is 0 Å². The highest BCUT2D eigenvalue weighted by atomic mass is 35.5. The van der Waals surface area contributed by atoms with E-state index >= 15 is 0 Å². The van der Waals surface area contributed by atoms with Crippen LogP contribution in [0.5, 0.6) is 0 Å². The molecule has 0 aliphatic carbocycles. The highest BCUT2D eigenvalue weighted by molar-refractivity contribution is 7.99. The van der Waals surface area contributed by atoms with Gasteiger partial charge in [0.2, 0.25) is 11.1 Å². The minimum atomic E-state index is -0.202. The van der Waals surface area contributed by atoms with E-state index in [9.17, 15) is 4.79 Å². The maximum Gasteiger partial charge on any atom is 0.234 e. The van der Waals surface area contributed by atoms with Gasteiger partial charge in [-0.1, -0.05) is 44.1 Å². The molecule has 3 N–H and O–H groups in total. The number of hydrogen-bond donors (Lipinski definition) is 2. The standard InChI is InChI=1S/C14H18ClN5OS/c1-14(2,3)12-18-19-13(20(12)16)22-8-11(21)17-10-6-4-9(15)5-7-10/h4-7H,8,16H2,1-3H3,(H,17,21). The Morgan fingerprint density at radius 2 is 1.95 bits per heavy atom. The lowest BCUT2D eigenvalue weighted by molar-refractivity contribution is -0.113. The van der Waals surface area contributed by atoms with Crippen LogP contribution < -0.4 is 11.2 Å². The molecule has 1 aromatic carbocycles. The number of hydrogen-bond acceptors (Lipinski definition) is 5. The van der Waals surface area contributed by atoms with E-state index in [1.54, 1.807) is 24.3 Å². The largest absolute Gasteiger partial charge is 0.336 e. The number of carbonyl (C=O) groups excluding carboxylic acids is 1. The minimum Gasteiger partial charge on any atom is -0.336 e. The second kappa shape index (κ2) is 6.58. The van der Waals surface area contributed by atoms with Gasteiger partial charge < -0.3 is 11.2 Å². The molecule has 0 aliphatic rings. The zero-order valence-electron chi connectivity index (χ0n) is 12.6. The third-order valence-electron chi connectivity index (χ3n) is 2.80. The fraction of sp³-hybridized carbons (Fsp3) is 0.357. The molecule has 0 fully saturated rings. The molecule has 6 nitrogen and oxygen atoms in total. The fourth-order valence-electron chi connectivity index (χ4n) is 1.75. The van der Waals surface area contributed by atoms with Crippen LogP contribution in [0.15, 0.2) is 29.4 Å². The van der Waals surface area contributed by atoms with Gasteiger partial charge in [-0.05, 0) is 24.3 Å². The topological polar surface area (TPSA) is 85.8 Å². The highest BCUT2D eigenvalue weighted by Crippen LogP contribution is 2.23. The average molecular weight is 340 g/mol. The van der Waals surface area contributed by atoms with Crippen molar-refractivity contribution in [1.29, 1.82) is 0 Å². The van der Waals surface area contributed by atoms with Crippen LogP contribution in [0.4, 0.5) is 5.69 Å². The number of anilines is 1. The first-order chi connectivity index (χ1) is 10.3. The van der Waals surface area contributed by atoms with Crippen LogP contribution in [0.25, 0.3) is 0 Å². The number of halogens is 1. The minimum absolute atomic E-state index is 0.146. The van der Waals surface area contributed by atoms with Crippen LogP contribution in [-0.4, -0.2) is 26.5 Å². The molecule has 0 bridgehead atoms. The predicted octanol–water partition coefficient (Wildman–Crippen LogP) is 2.67. The summed E-state index contributed by atoms with van der Waals surface area (Å²) in [5.41, 5.74) is 0.492. The van der Waals surface area contributed by atoms with Crippen molar-refractivity contribution in [2.24, 2.45) is 0 Å². The first-order valence-corrected chi connectivity index (χ1v) is 8.03. The number of rotatable bonds is 4. The Balaban J connectivity index is 1.94. The van der Waals surface area contributed by atoms with Crippen molar-refractivity contribution < 1.29 is 4.79 Å². The maximum atomic E-state index is 11.9. The first-order valence-electron chi connectivity index (χ1n) is 6.66. The fourth-order valence-corrected chi connectivity index (χ4v) is 2.53. The molecule has 0 atom stereocenters. The summed E-state index contributed by atoms with van der Waals surface area (Å²) < 4.78 is 1.43. The summed E-state index contributed by atoms with van der Waals surface area (Å²) in [6.07, 6.45) is 0. The Hall–Kier alpha value is -1.73. The number of nitrogens with zero attached hydrogens (tertiary/aromatic N) is 3. The number of carbonyl (C=O) groups is 1. The van der Waals surface area contributed by atoms with E-state index in [1.807, 2.05) is 20.8 Å². The second-order valence-corrected chi connectivity index (χ2v) is 7.15. The van der Waals surface area contributed by atoms with Gasteiger partial charge in [-0.2, -0.15) is 0 Å². The number of thioether (sulfide) groups is 1. The maximum absolute atomic E-state index is 11.9. The molecule has 2 rings (SSSR count). The van der Waals surface area contributed by atoms with E-state index in [0.717, 1.165) is 0 Å². The molecule has 118 valence electrons. The highest BCUT2D eigenvalue weighted by Gasteiger charge is 2.23. The molecule has 0 radical (unpaired) electrons. The van der Waals surface area contributed by atoms with E-state index < -0.39 is 0 Å². The van der Waals surface area contributed by atoms with Crippen molar-refractivity contribution in [3.05, 3.63) is 35.1 Å². The summed E-state index contributed by atoms with van der Waals surface area (Å²) >= 11 is 7.04. The van der Waals surface area contributed by atoms with Gasteiger partial charge >= 0.3 is 0 Å². The van der Waals surface area contributed by atoms with Gasteiger partial charge in [0.25, 0.3) is 0 Å². The van der Waals surface area contributed by atoms with Crippen molar-refractivity contribution in [3.8, 4) is 0 Å². The quantitative estimate of drug-likeness (QED) is 0.660. The summed E-state index contributed by atoms with van der Waals surface area (Å²) in [5.74, 6) is 6.69. The normalized spacial score (nSPS) is 11.5. The van der Waals surface area contributed by atoms with Crippen LogP contribution in [0, 0.1) is 0 Å². The Morgan fingerprint density at radius 3 is 2.50 bits per heavy atom.